The highest BCUT2D eigenvalue weighted by Gasteiger charge is 2.61. The Morgan fingerprint density at radius 3 is 2.28 bits per heavy atom. The molecular weight excluding hydrogens is 352 g/mol. The summed E-state index contributed by atoms with van der Waals surface area (Å²) < 4.78 is 0. The molecule has 9 atom stereocenters. The van der Waals surface area contributed by atoms with Gasteiger partial charge in [0.05, 0.1) is 0 Å². The van der Waals surface area contributed by atoms with Crippen molar-refractivity contribution in [3.63, 3.8) is 0 Å². The monoisotopic (exact) mass is 400 g/mol. The van der Waals surface area contributed by atoms with Crippen LogP contribution in [0.1, 0.15) is 112 Å². The van der Waals surface area contributed by atoms with Gasteiger partial charge in [0, 0.05) is 12.3 Å². The first-order chi connectivity index (χ1) is 13.7. The van der Waals surface area contributed by atoms with Crippen LogP contribution in [0.15, 0.2) is 0 Å². The van der Waals surface area contributed by atoms with Crippen LogP contribution in [0.2, 0.25) is 0 Å². The van der Waals surface area contributed by atoms with E-state index in [0.717, 1.165) is 41.9 Å². The molecule has 0 bridgehead atoms. The van der Waals surface area contributed by atoms with Crippen molar-refractivity contribution >= 4 is 5.78 Å². The minimum atomic E-state index is 0.320. The van der Waals surface area contributed by atoms with Crippen LogP contribution in [0.25, 0.3) is 0 Å². The van der Waals surface area contributed by atoms with Gasteiger partial charge >= 0.3 is 0 Å². The topological polar surface area (TPSA) is 17.1 Å². The smallest absolute Gasteiger partial charge is 0.136 e. The minimum absolute atomic E-state index is 0.320. The van der Waals surface area contributed by atoms with Gasteiger partial charge in [0.2, 0.25) is 0 Å². The van der Waals surface area contributed by atoms with Crippen LogP contribution in [-0.2, 0) is 4.79 Å². The molecule has 4 aliphatic carbocycles. The Hall–Kier alpha value is -0.330. The van der Waals surface area contributed by atoms with Crippen LogP contribution in [0.5, 0.6) is 0 Å². The summed E-state index contributed by atoms with van der Waals surface area (Å²) in [5, 5.41) is 0. The molecule has 0 heterocycles. The van der Waals surface area contributed by atoms with Crippen molar-refractivity contribution < 1.29 is 4.79 Å². The maximum atomic E-state index is 12.4. The van der Waals surface area contributed by atoms with Crippen LogP contribution in [0.3, 0.4) is 0 Å². The van der Waals surface area contributed by atoms with Gasteiger partial charge in [0.1, 0.15) is 5.78 Å². The standard InChI is InChI=1S/C28H48O/c1-18(2)8-7-9-19(3)22-12-13-24-21-10-11-23-20(4)26(29)15-17-28(23,6)25(21)14-16-27(22,24)5/h18-25H,7-17H2,1-6H3/t19-,20?,21+,22-,23?,24+,25+,27-,28+/m1/s1. The molecule has 0 saturated heterocycles. The Kier molecular flexibility index (Phi) is 6.02. The van der Waals surface area contributed by atoms with Gasteiger partial charge in [-0.2, -0.15) is 0 Å². The highest BCUT2D eigenvalue weighted by molar-refractivity contribution is 5.82. The summed E-state index contributed by atoms with van der Waals surface area (Å²) in [5.74, 6) is 7.06. The average molecular weight is 401 g/mol. The van der Waals surface area contributed by atoms with E-state index in [1.54, 1.807) is 0 Å². The summed E-state index contributed by atoms with van der Waals surface area (Å²) in [6, 6.07) is 0. The van der Waals surface area contributed by atoms with Crippen LogP contribution in [0, 0.1) is 58.2 Å². The average Bonchev–Trinajstić information content (AvgIpc) is 3.02. The normalized spacial score (nSPS) is 48.2. The molecule has 4 aliphatic rings. The summed E-state index contributed by atoms with van der Waals surface area (Å²) in [5.41, 5.74) is 1.04. The van der Waals surface area contributed by atoms with Gasteiger partial charge in [-0.25, -0.2) is 0 Å². The quantitative estimate of drug-likeness (QED) is 0.458. The van der Waals surface area contributed by atoms with E-state index < -0.39 is 0 Å². The van der Waals surface area contributed by atoms with E-state index in [-0.39, 0.29) is 0 Å². The number of hydrogen-bond donors (Lipinski definition) is 0. The highest BCUT2D eigenvalue weighted by atomic mass is 16.1. The van der Waals surface area contributed by atoms with Crippen molar-refractivity contribution in [3.05, 3.63) is 0 Å². The number of fused-ring (bicyclic) bond motifs is 5. The summed E-state index contributed by atoms with van der Waals surface area (Å²) >= 11 is 0. The SMILES string of the molecule is CC(C)CCC[C@@H](C)[C@H]1CC[C@H]2[C@@H]3CCC4C(C)C(=O)CC[C@]4(C)[C@H]3CC[C@]12C. The van der Waals surface area contributed by atoms with Crippen molar-refractivity contribution in [1.82, 2.24) is 0 Å². The van der Waals surface area contributed by atoms with Gasteiger partial charge in [0.15, 0.2) is 0 Å². The van der Waals surface area contributed by atoms with E-state index >= 15 is 0 Å². The Bertz CT molecular complexity index is 607. The van der Waals surface area contributed by atoms with Gasteiger partial charge in [-0.05, 0) is 97.2 Å². The lowest BCUT2D eigenvalue weighted by atomic mass is 9.43. The molecule has 0 aromatic heterocycles. The summed E-state index contributed by atoms with van der Waals surface area (Å²) in [6.45, 7) is 14.9. The molecule has 0 aliphatic heterocycles. The molecule has 4 fully saturated rings. The third kappa shape index (κ3) is 3.55. The van der Waals surface area contributed by atoms with Crippen LogP contribution >= 0.6 is 0 Å². The molecule has 0 aromatic rings. The fourth-order valence-corrected chi connectivity index (χ4v) is 9.55. The van der Waals surface area contributed by atoms with Gasteiger partial charge < -0.3 is 0 Å². The van der Waals surface area contributed by atoms with Crippen molar-refractivity contribution in [2.75, 3.05) is 0 Å². The molecule has 29 heavy (non-hydrogen) atoms. The molecule has 4 rings (SSSR count). The summed E-state index contributed by atoms with van der Waals surface area (Å²) in [6.07, 6.45) is 14.9. The highest BCUT2D eigenvalue weighted by Crippen LogP contribution is 2.68. The van der Waals surface area contributed by atoms with E-state index in [0.29, 0.717) is 28.4 Å². The Balaban J connectivity index is 1.48. The molecular formula is C28H48O. The second-order valence-corrected chi connectivity index (χ2v) is 12.9. The molecule has 0 radical (unpaired) electrons. The molecule has 0 amide bonds. The molecule has 1 heteroatoms. The molecule has 2 unspecified atom stereocenters. The zero-order valence-corrected chi connectivity index (χ0v) is 20.3. The predicted octanol–water partition coefficient (Wildman–Crippen LogP) is 7.92. The third-order valence-corrected chi connectivity index (χ3v) is 11.2. The van der Waals surface area contributed by atoms with Crippen LogP contribution in [0.4, 0.5) is 0 Å². The molecule has 1 nitrogen and oxygen atoms in total. The Labute approximate surface area is 181 Å². The first-order valence-electron chi connectivity index (χ1n) is 13.2. The Morgan fingerprint density at radius 2 is 1.55 bits per heavy atom. The summed E-state index contributed by atoms with van der Waals surface area (Å²) in [4.78, 5) is 12.4. The predicted molar refractivity (Wildman–Crippen MR) is 123 cm³/mol. The molecule has 0 spiro atoms. The van der Waals surface area contributed by atoms with Gasteiger partial charge in [-0.1, -0.05) is 60.8 Å². The molecule has 0 N–H and O–H groups in total. The lowest BCUT2D eigenvalue weighted by Crippen LogP contribution is -2.55. The van der Waals surface area contributed by atoms with E-state index in [9.17, 15) is 4.79 Å². The number of carbonyl (C=O) groups is 1. The second-order valence-electron chi connectivity index (χ2n) is 12.9. The number of ketones is 1. The third-order valence-electron chi connectivity index (χ3n) is 11.2. The van der Waals surface area contributed by atoms with Crippen molar-refractivity contribution in [2.24, 2.45) is 58.2 Å². The lowest BCUT2D eigenvalue weighted by Gasteiger charge is -2.61. The van der Waals surface area contributed by atoms with E-state index in [1.165, 1.54) is 64.2 Å². The Morgan fingerprint density at radius 1 is 0.862 bits per heavy atom. The molecule has 166 valence electrons. The maximum Gasteiger partial charge on any atom is 0.136 e. The van der Waals surface area contributed by atoms with E-state index in [2.05, 4.69) is 41.5 Å². The summed E-state index contributed by atoms with van der Waals surface area (Å²) in [7, 11) is 0. The van der Waals surface area contributed by atoms with E-state index in [4.69, 9.17) is 0 Å². The number of carbonyl (C=O) groups excluding carboxylic acids is 1. The second kappa shape index (κ2) is 7.98. The first-order valence-corrected chi connectivity index (χ1v) is 13.2. The zero-order valence-electron chi connectivity index (χ0n) is 20.3. The number of rotatable bonds is 5. The van der Waals surface area contributed by atoms with E-state index in [1.807, 2.05) is 0 Å². The minimum Gasteiger partial charge on any atom is -0.299 e. The lowest BCUT2D eigenvalue weighted by molar-refractivity contribution is -0.150. The number of Topliss-reactive ketones (excluding diaryl/α,β-unsaturated/α-hetero) is 1. The fourth-order valence-electron chi connectivity index (χ4n) is 9.55. The van der Waals surface area contributed by atoms with Gasteiger partial charge in [0.25, 0.3) is 0 Å². The van der Waals surface area contributed by atoms with Gasteiger partial charge in [-0.15, -0.1) is 0 Å². The van der Waals surface area contributed by atoms with Crippen LogP contribution in [-0.4, -0.2) is 5.78 Å². The fraction of sp³-hybridized carbons (Fsp3) is 0.964. The molecule has 0 aromatic carbocycles. The first kappa shape index (κ1) is 21.9. The van der Waals surface area contributed by atoms with Gasteiger partial charge in [-0.3, -0.25) is 4.79 Å². The van der Waals surface area contributed by atoms with Crippen molar-refractivity contribution in [1.29, 1.82) is 0 Å². The maximum absolute atomic E-state index is 12.4. The van der Waals surface area contributed by atoms with Crippen molar-refractivity contribution in [3.8, 4) is 0 Å². The largest absolute Gasteiger partial charge is 0.299 e. The molecule has 4 saturated carbocycles. The van der Waals surface area contributed by atoms with Crippen molar-refractivity contribution in [2.45, 2.75) is 112 Å². The van der Waals surface area contributed by atoms with Crippen LogP contribution < -0.4 is 0 Å². The number of hydrogen-bond acceptors (Lipinski definition) is 1. The zero-order chi connectivity index (χ0) is 21.0.